The minimum atomic E-state index is -0.600. The molecule has 1 heterocycles. The number of hydrogen-bond acceptors (Lipinski definition) is 5. The lowest BCUT2D eigenvalue weighted by Gasteiger charge is -2.06. The van der Waals surface area contributed by atoms with Gasteiger partial charge in [0.15, 0.2) is 18.1 Å². The highest BCUT2D eigenvalue weighted by atomic mass is 16.7. The Morgan fingerprint density at radius 3 is 2.84 bits per heavy atom. The van der Waals surface area contributed by atoms with Crippen molar-refractivity contribution < 1.29 is 23.8 Å². The predicted octanol–water partition coefficient (Wildman–Crippen LogP) is 2.92. The fourth-order valence-corrected chi connectivity index (χ4v) is 2.29. The number of fused-ring (bicyclic) bond motifs is 1. The first-order valence-corrected chi connectivity index (χ1v) is 7.71. The number of carbonyl (C=O) groups is 2. The largest absolute Gasteiger partial charge is 0.454 e. The summed E-state index contributed by atoms with van der Waals surface area (Å²) in [6.07, 6.45) is 2.85. The molecule has 0 radical (unpaired) electrons. The molecular formula is C19H17NO5. The van der Waals surface area contributed by atoms with Crippen LogP contribution in [0.3, 0.4) is 0 Å². The van der Waals surface area contributed by atoms with E-state index in [9.17, 15) is 9.59 Å². The molecule has 1 amide bonds. The lowest BCUT2D eigenvalue weighted by atomic mass is 10.2. The molecule has 0 bridgehead atoms. The number of carbonyl (C=O) groups excluding carboxylic acids is 2. The van der Waals surface area contributed by atoms with Crippen molar-refractivity contribution >= 4 is 23.6 Å². The van der Waals surface area contributed by atoms with Gasteiger partial charge in [-0.25, -0.2) is 4.79 Å². The second-order valence-corrected chi connectivity index (χ2v) is 5.47. The molecule has 0 aliphatic carbocycles. The van der Waals surface area contributed by atoms with E-state index in [1.54, 1.807) is 30.3 Å². The van der Waals surface area contributed by atoms with Crippen molar-refractivity contribution in [2.45, 2.75) is 6.92 Å². The maximum atomic E-state index is 11.8. The minimum Gasteiger partial charge on any atom is -0.454 e. The highest BCUT2D eigenvalue weighted by molar-refractivity contribution is 5.94. The monoisotopic (exact) mass is 339 g/mol. The van der Waals surface area contributed by atoms with Crippen LogP contribution in [-0.4, -0.2) is 25.3 Å². The Morgan fingerprint density at radius 2 is 2.00 bits per heavy atom. The van der Waals surface area contributed by atoms with Gasteiger partial charge in [-0.1, -0.05) is 18.2 Å². The topological polar surface area (TPSA) is 73.9 Å². The zero-order valence-corrected chi connectivity index (χ0v) is 13.7. The Morgan fingerprint density at radius 1 is 1.16 bits per heavy atom. The summed E-state index contributed by atoms with van der Waals surface area (Å²) in [6, 6.07) is 12.7. The van der Waals surface area contributed by atoms with E-state index in [1.807, 2.05) is 25.1 Å². The fraction of sp³-hybridized carbons (Fsp3) is 0.158. The number of hydrogen-bond donors (Lipinski definition) is 1. The second kappa shape index (κ2) is 7.53. The number of rotatable bonds is 5. The maximum Gasteiger partial charge on any atom is 0.331 e. The van der Waals surface area contributed by atoms with Crippen LogP contribution in [0.25, 0.3) is 6.08 Å². The van der Waals surface area contributed by atoms with Gasteiger partial charge >= 0.3 is 5.97 Å². The van der Waals surface area contributed by atoms with Crippen molar-refractivity contribution in [1.29, 1.82) is 0 Å². The molecule has 0 unspecified atom stereocenters. The van der Waals surface area contributed by atoms with Crippen LogP contribution < -0.4 is 14.8 Å². The number of esters is 1. The molecule has 1 aliphatic heterocycles. The number of ether oxygens (including phenoxy) is 3. The van der Waals surface area contributed by atoms with E-state index in [2.05, 4.69) is 5.32 Å². The van der Waals surface area contributed by atoms with Gasteiger partial charge in [0.1, 0.15) is 0 Å². The number of amides is 1. The average Bonchev–Trinajstić information content (AvgIpc) is 3.06. The number of benzene rings is 2. The molecule has 3 rings (SSSR count). The Hall–Kier alpha value is -3.28. The van der Waals surface area contributed by atoms with E-state index in [4.69, 9.17) is 14.2 Å². The highest BCUT2D eigenvalue weighted by Gasteiger charge is 2.12. The molecule has 0 aromatic heterocycles. The summed E-state index contributed by atoms with van der Waals surface area (Å²) in [6.45, 7) is 1.77. The molecule has 1 aliphatic rings. The molecule has 0 spiro atoms. The first-order valence-electron chi connectivity index (χ1n) is 7.71. The van der Waals surface area contributed by atoms with Crippen LogP contribution in [0.4, 0.5) is 5.69 Å². The predicted molar refractivity (Wildman–Crippen MR) is 92.4 cm³/mol. The summed E-state index contributed by atoms with van der Waals surface area (Å²) < 4.78 is 15.4. The molecule has 2 aromatic carbocycles. The Bertz CT molecular complexity index is 828. The van der Waals surface area contributed by atoms with Gasteiger partial charge in [-0.2, -0.15) is 0 Å². The maximum absolute atomic E-state index is 11.8. The van der Waals surface area contributed by atoms with Gasteiger partial charge in [0.25, 0.3) is 5.91 Å². The summed E-state index contributed by atoms with van der Waals surface area (Å²) >= 11 is 0. The zero-order valence-electron chi connectivity index (χ0n) is 13.7. The zero-order chi connectivity index (χ0) is 17.6. The average molecular weight is 339 g/mol. The quantitative estimate of drug-likeness (QED) is 0.670. The molecule has 0 fully saturated rings. The lowest BCUT2D eigenvalue weighted by Crippen LogP contribution is -2.20. The van der Waals surface area contributed by atoms with Crippen LogP contribution in [0, 0.1) is 6.92 Å². The van der Waals surface area contributed by atoms with Crippen LogP contribution in [-0.2, 0) is 14.3 Å². The Labute approximate surface area is 145 Å². The number of nitrogens with one attached hydrogen (secondary N) is 1. The summed E-state index contributed by atoms with van der Waals surface area (Å²) in [5.74, 6) is 0.313. The molecule has 128 valence electrons. The van der Waals surface area contributed by atoms with Crippen molar-refractivity contribution in [3.05, 3.63) is 59.7 Å². The normalized spacial score (nSPS) is 12.2. The molecule has 1 N–H and O–H groups in total. The first-order chi connectivity index (χ1) is 12.1. The van der Waals surface area contributed by atoms with Gasteiger partial charge < -0.3 is 19.5 Å². The van der Waals surface area contributed by atoms with Gasteiger partial charge in [0.05, 0.1) is 0 Å². The van der Waals surface area contributed by atoms with Crippen molar-refractivity contribution in [3.63, 3.8) is 0 Å². The highest BCUT2D eigenvalue weighted by Crippen LogP contribution is 2.32. The van der Waals surface area contributed by atoms with Gasteiger partial charge in [-0.05, 0) is 48.4 Å². The van der Waals surface area contributed by atoms with Crippen molar-refractivity contribution in [1.82, 2.24) is 0 Å². The van der Waals surface area contributed by atoms with Gasteiger partial charge in [0.2, 0.25) is 6.79 Å². The SMILES string of the molecule is Cc1cccc(NC(=O)COC(=O)/C=C/c2ccc3c(c2)OCO3)c1. The molecule has 6 nitrogen and oxygen atoms in total. The van der Waals surface area contributed by atoms with E-state index in [0.29, 0.717) is 17.2 Å². The number of anilines is 1. The number of aryl methyl sites for hydroxylation is 1. The summed E-state index contributed by atoms with van der Waals surface area (Å²) in [7, 11) is 0. The van der Waals surface area contributed by atoms with E-state index < -0.39 is 11.9 Å². The summed E-state index contributed by atoms with van der Waals surface area (Å²) in [4.78, 5) is 23.5. The van der Waals surface area contributed by atoms with E-state index in [1.165, 1.54) is 6.08 Å². The van der Waals surface area contributed by atoms with Crippen LogP contribution >= 0.6 is 0 Å². The summed E-state index contributed by atoms with van der Waals surface area (Å²) in [5, 5.41) is 2.67. The van der Waals surface area contributed by atoms with Gasteiger partial charge in [-0.15, -0.1) is 0 Å². The van der Waals surface area contributed by atoms with Gasteiger partial charge in [-0.3, -0.25) is 4.79 Å². The van der Waals surface area contributed by atoms with E-state index >= 15 is 0 Å². The van der Waals surface area contributed by atoms with Crippen LogP contribution in [0.15, 0.2) is 48.5 Å². The van der Waals surface area contributed by atoms with Crippen LogP contribution in [0.2, 0.25) is 0 Å². The smallest absolute Gasteiger partial charge is 0.331 e. The molecule has 6 heteroatoms. The third-order valence-corrected chi connectivity index (χ3v) is 3.46. The van der Waals surface area contributed by atoms with Crippen LogP contribution in [0.5, 0.6) is 11.5 Å². The van der Waals surface area contributed by atoms with Gasteiger partial charge in [0, 0.05) is 11.8 Å². The minimum absolute atomic E-state index is 0.195. The van der Waals surface area contributed by atoms with E-state index in [-0.39, 0.29) is 13.4 Å². The Kier molecular flexibility index (Phi) is 4.99. The molecule has 0 saturated carbocycles. The molecule has 25 heavy (non-hydrogen) atoms. The molecular weight excluding hydrogens is 322 g/mol. The first kappa shape index (κ1) is 16.6. The van der Waals surface area contributed by atoms with Crippen molar-refractivity contribution in [2.75, 3.05) is 18.7 Å². The Balaban J connectivity index is 1.48. The molecule has 2 aromatic rings. The van der Waals surface area contributed by atoms with E-state index in [0.717, 1.165) is 11.1 Å². The third-order valence-electron chi connectivity index (χ3n) is 3.46. The van der Waals surface area contributed by atoms with Crippen LogP contribution in [0.1, 0.15) is 11.1 Å². The standard InChI is InChI=1S/C19H17NO5/c1-13-3-2-4-15(9-13)20-18(21)11-23-19(22)8-6-14-5-7-16-17(10-14)25-12-24-16/h2-10H,11-12H2,1H3,(H,20,21)/b8-6+. The molecule has 0 saturated heterocycles. The van der Waals surface area contributed by atoms with Crippen molar-refractivity contribution in [3.8, 4) is 11.5 Å². The second-order valence-electron chi connectivity index (χ2n) is 5.47. The third kappa shape index (κ3) is 4.60. The fourth-order valence-electron chi connectivity index (χ4n) is 2.29. The van der Waals surface area contributed by atoms with Crippen molar-refractivity contribution in [2.24, 2.45) is 0 Å². The lowest BCUT2D eigenvalue weighted by molar-refractivity contribution is -0.142. The summed E-state index contributed by atoms with van der Waals surface area (Å²) in [5.41, 5.74) is 2.46. The molecule has 0 atom stereocenters.